The lowest BCUT2D eigenvalue weighted by molar-refractivity contribution is -0.105. The van der Waals surface area contributed by atoms with Crippen molar-refractivity contribution < 1.29 is 9.59 Å². The topological polar surface area (TPSA) is 98.2 Å². The van der Waals surface area contributed by atoms with E-state index in [0.717, 1.165) is 36.1 Å². The standard InChI is InChI=1S/C11H15N3O2S/c12-6-2-1-3-7-8(4-6)17-11(14-5-15)9(7)10(13)16/h5-6H,1-4,12H2,(H2,13,16)(H,14,15)/t6-/m0/s1. The summed E-state index contributed by atoms with van der Waals surface area (Å²) in [6, 6.07) is 0.125. The first-order valence-corrected chi connectivity index (χ1v) is 6.35. The highest BCUT2D eigenvalue weighted by atomic mass is 32.1. The van der Waals surface area contributed by atoms with Gasteiger partial charge in [0.15, 0.2) is 0 Å². The van der Waals surface area contributed by atoms with E-state index in [2.05, 4.69) is 5.32 Å². The normalized spacial score (nSPS) is 19.2. The summed E-state index contributed by atoms with van der Waals surface area (Å²) in [4.78, 5) is 23.1. The van der Waals surface area contributed by atoms with Crippen LogP contribution in [0.5, 0.6) is 0 Å². The van der Waals surface area contributed by atoms with Gasteiger partial charge in [-0.2, -0.15) is 0 Å². The maximum Gasteiger partial charge on any atom is 0.251 e. The van der Waals surface area contributed by atoms with Crippen molar-refractivity contribution in [2.75, 3.05) is 5.32 Å². The molecular weight excluding hydrogens is 238 g/mol. The van der Waals surface area contributed by atoms with E-state index in [4.69, 9.17) is 11.5 Å². The Bertz CT molecular complexity index is 456. The van der Waals surface area contributed by atoms with Crippen LogP contribution in [0.25, 0.3) is 0 Å². The molecule has 0 fully saturated rings. The highest BCUT2D eigenvalue weighted by molar-refractivity contribution is 7.16. The number of amides is 2. The molecule has 0 aliphatic heterocycles. The molecule has 5 N–H and O–H groups in total. The number of anilines is 1. The molecule has 0 saturated carbocycles. The number of nitrogens with one attached hydrogen (secondary N) is 1. The molecule has 1 aromatic heterocycles. The maximum absolute atomic E-state index is 11.5. The predicted molar refractivity (Wildman–Crippen MR) is 67.1 cm³/mol. The average molecular weight is 253 g/mol. The van der Waals surface area contributed by atoms with Crippen molar-refractivity contribution in [3.63, 3.8) is 0 Å². The molecule has 2 rings (SSSR count). The van der Waals surface area contributed by atoms with Crippen LogP contribution >= 0.6 is 11.3 Å². The van der Waals surface area contributed by atoms with E-state index < -0.39 is 5.91 Å². The third-order valence-electron chi connectivity index (χ3n) is 2.98. The zero-order valence-electron chi connectivity index (χ0n) is 9.36. The lowest BCUT2D eigenvalue weighted by Gasteiger charge is -2.05. The molecule has 0 aromatic carbocycles. The van der Waals surface area contributed by atoms with Crippen molar-refractivity contribution in [3.05, 3.63) is 16.0 Å². The van der Waals surface area contributed by atoms with Crippen LogP contribution in [0.2, 0.25) is 0 Å². The first kappa shape index (κ1) is 12.1. The molecule has 2 amide bonds. The van der Waals surface area contributed by atoms with Crippen LogP contribution in [-0.2, 0) is 17.6 Å². The Labute approximate surface area is 103 Å². The Morgan fingerprint density at radius 1 is 1.53 bits per heavy atom. The molecule has 1 atom stereocenters. The molecule has 92 valence electrons. The van der Waals surface area contributed by atoms with Gasteiger partial charge in [-0.1, -0.05) is 0 Å². The van der Waals surface area contributed by atoms with Gasteiger partial charge >= 0.3 is 0 Å². The molecule has 1 aliphatic rings. The minimum absolute atomic E-state index is 0.125. The van der Waals surface area contributed by atoms with Gasteiger partial charge < -0.3 is 16.8 Å². The van der Waals surface area contributed by atoms with Crippen LogP contribution in [0, 0.1) is 0 Å². The zero-order chi connectivity index (χ0) is 12.4. The van der Waals surface area contributed by atoms with E-state index >= 15 is 0 Å². The molecule has 1 aliphatic carbocycles. The lowest BCUT2D eigenvalue weighted by atomic mass is 10.1. The summed E-state index contributed by atoms with van der Waals surface area (Å²) in [6.07, 6.45) is 4.03. The number of thiophene rings is 1. The van der Waals surface area contributed by atoms with Crippen LogP contribution in [0.3, 0.4) is 0 Å². The van der Waals surface area contributed by atoms with Crippen LogP contribution in [0.1, 0.15) is 33.6 Å². The highest BCUT2D eigenvalue weighted by Gasteiger charge is 2.24. The quantitative estimate of drug-likeness (QED) is 0.544. The fourth-order valence-electron chi connectivity index (χ4n) is 2.24. The molecule has 6 heteroatoms. The number of rotatable bonds is 3. The van der Waals surface area contributed by atoms with Crippen molar-refractivity contribution in [2.24, 2.45) is 11.5 Å². The van der Waals surface area contributed by atoms with Crippen LogP contribution in [0.15, 0.2) is 0 Å². The molecule has 1 aromatic rings. The average Bonchev–Trinajstić information content (AvgIpc) is 2.47. The number of hydrogen-bond donors (Lipinski definition) is 3. The van der Waals surface area contributed by atoms with Gasteiger partial charge in [0.05, 0.1) is 5.56 Å². The minimum Gasteiger partial charge on any atom is -0.365 e. The number of carbonyl (C=O) groups is 2. The van der Waals surface area contributed by atoms with E-state index in [1.807, 2.05) is 0 Å². The summed E-state index contributed by atoms with van der Waals surface area (Å²) < 4.78 is 0. The Morgan fingerprint density at radius 2 is 2.29 bits per heavy atom. The van der Waals surface area contributed by atoms with Gasteiger partial charge in [0.2, 0.25) is 6.41 Å². The second-order valence-electron chi connectivity index (χ2n) is 4.19. The van der Waals surface area contributed by atoms with Crippen molar-refractivity contribution in [3.8, 4) is 0 Å². The number of nitrogens with two attached hydrogens (primary N) is 2. The number of fused-ring (bicyclic) bond motifs is 1. The van der Waals surface area contributed by atoms with E-state index in [1.165, 1.54) is 11.3 Å². The van der Waals surface area contributed by atoms with Crippen molar-refractivity contribution in [2.45, 2.75) is 31.7 Å². The maximum atomic E-state index is 11.5. The fourth-order valence-corrected chi connectivity index (χ4v) is 3.54. The molecule has 5 nitrogen and oxygen atoms in total. The Hall–Kier alpha value is -1.40. The fraction of sp³-hybridized carbons (Fsp3) is 0.455. The first-order chi connectivity index (χ1) is 8.13. The number of hydrogen-bond acceptors (Lipinski definition) is 4. The predicted octanol–water partition coefficient (Wildman–Crippen LogP) is 0.621. The molecule has 0 bridgehead atoms. The highest BCUT2D eigenvalue weighted by Crippen LogP contribution is 2.36. The second-order valence-corrected chi connectivity index (χ2v) is 5.30. The summed E-state index contributed by atoms with van der Waals surface area (Å²) >= 11 is 1.41. The van der Waals surface area contributed by atoms with Gasteiger partial charge in [0.25, 0.3) is 5.91 Å². The molecule has 0 unspecified atom stereocenters. The minimum atomic E-state index is -0.484. The van der Waals surface area contributed by atoms with Gasteiger partial charge in [-0.15, -0.1) is 11.3 Å². The van der Waals surface area contributed by atoms with Gasteiger partial charge in [-0.25, -0.2) is 0 Å². The summed E-state index contributed by atoms with van der Waals surface area (Å²) in [7, 11) is 0. The van der Waals surface area contributed by atoms with Gasteiger partial charge in [-0.05, 0) is 31.2 Å². The summed E-state index contributed by atoms with van der Waals surface area (Å²) in [5.74, 6) is -0.484. The smallest absolute Gasteiger partial charge is 0.251 e. The lowest BCUT2D eigenvalue weighted by Crippen LogP contribution is -2.20. The molecule has 1 heterocycles. The number of primary amides is 1. The number of carbonyl (C=O) groups excluding carboxylic acids is 2. The Morgan fingerprint density at radius 3 is 2.94 bits per heavy atom. The largest absolute Gasteiger partial charge is 0.365 e. The van der Waals surface area contributed by atoms with E-state index in [1.54, 1.807) is 0 Å². The molecular formula is C11H15N3O2S. The third kappa shape index (κ3) is 2.32. The zero-order valence-corrected chi connectivity index (χ0v) is 10.2. The van der Waals surface area contributed by atoms with E-state index in [9.17, 15) is 9.59 Å². The van der Waals surface area contributed by atoms with Gasteiger partial charge in [0.1, 0.15) is 5.00 Å². The van der Waals surface area contributed by atoms with Crippen LogP contribution in [0.4, 0.5) is 5.00 Å². The third-order valence-corrected chi connectivity index (χ3v) is 4.16. The molecule has 0 radical (unpaired) electrons. The van der Waals surface area contributed by atoms with Crippen LogP contribution in [-0.4, -0.2) is 18.4 Å². The van der Waals surface area contributed by atoms with Gasteiger partial charge in [0, 0.05) is 10.9 Å². The van der Waals surface area contributed by atoms with Crippen molar-refractivity contribution in [1.82, 2.24) is 0 Å². The van der Waals surface area contributed by atoms with E-state index in [-0.39, 0.29) is 6.04 Å². The molecule has 17 heavy (non-hydrogen) atoms. The van der Waals surface area contributed by atoms with Gasteiger partial charge in [-0.3, -0.25) is 9.59 Å². The van der Waals surface area contributed by atoms with E-state index in [0.29, 0.717) is 17.0 Å². The first-order valence-electron chi connectivity index (χ1n) is 5.53. The monoisotopic (exact) mass is 253 g/mol. The van der Waals surface area contributed by atoms with Crippen molar-refractivity contribution in [1.29, 1.82) is 0 Å². The summed E-state index contributed by atoms with van der Waals surface area (Å²) in [5.41, 5.74) is 12.8. The molecule has 0 saturated heterocycles. The summed E-state index contributed by atoms with van der Waals surface area (Å²) in [5, 5.41) is 3.09. The Balaban J connectivity index is 2.47. The SMILES string of the molecule is NC(=O)c1c(NC=O)sc2c1CCC[C@H](N)C2. The van der Waals surface area contributed by atoms with Crippen LogP contribution < -0.4 is 16.8 Å². The Kier molecular flexibility index (Phi) is 3.44. The second kappa shape index (κ2) is 4.85. The van der Waals surface area contributed by atoms with Crippen molar-refractivity contribution >= 4 is 28.7 Å². The summed E-state index contributed by atoms with van der Waals surface area (Å²) in [6.45, 7) is 0. The molecule has 0 spiro atoms.